The Kier molecular flexibility index (Phi) is 5.99. The number of halogens is 2. The summed E-state index contributed by atoms with van der Waals surface area (Å²) in [5, 5.41) is -0.291. The first-order valence-electron chi connectivity index (χ1n) is 6.98. The summed E-state index contributed by atoms with van der Waals surface area (Å²) in [5.74, 6) is -1.01. The molecule has 25 heavy (non-hydrogen) atoms. The number of ether oxygens (including phenoxy) is 2. The standard InChI is InChI=1S/C16H15ClFNO5S/c1-23-15-6-3-10(7-12(15)16(20)24-2)9-19-25(21,22)11-4-5-14(18)13(17)8-11/h3-8,19H,9H2,1-2H3. The molecule has 0 spiro atoms. The molecule has 2 aromatic rings. The predicted molar refractivity (Wildman–Crippen MR) is 89.8 cm³/mol. The Morgan fingerprint density at radius 3 is 2.52 bits per heavy atom. The zero-order valence-corrected chi connectivity index (χ0v) is 14.9. The number of carbonyl (C=O) groups excluding carboxylic acids is 1. The molecule has 0 aliphatic heterocycles. The lowest BCUT2D eigenvalue weighted by Crippen LogP contribution is -2.23. The van der Waals surface area contributed by atoms with Gasteiger partial charge in [-0.2, -0.15) is 0 Å². The second-order valence-electron chi connectivity index (χ2n) is 4.93. The highest BCUT2D eigenvalue weighted by Gasteiger charge is 2.17. The first-order valence-corrected chi connectivity index (χ1v) is 8.84. The van der Waals surface area contributed by atoms with Gasteiger partial charge in [-0.05, 0) is 35.9 Å². The fourth-order valence-corrected chi connectivity index (χ4v) is 3.33. The first-order chi connectivity index (χ1) is 11.8. The third-order valence-corrected chi connectivity index (χ3v) is 5.03. The van der Waals surface area contributed by atoms with Crippen LogP contribution in [0.2, 0.25) is 5.02 Å². The lowest BCUT2D eigenvalue weighted by Gasteiger charge is -2.11. The van der Waals surface area contributed by atoms with Crippen molar-refractivity contribution in [2.24, 2.45) is 0 Å². The molecule has 0 saturated carbocycles. The van der Waals surface area contributed by atoms with E-state index in [0.717, 1.165) is 18.2 Å². The Morgan fingerprint density at radius 1 is 1.20 bits per heavy atom. The summed E-state index contributed by atoms with van der Waals surface area (Å²) >= 11 is 5.61. The molecule has 0 aliphatic carbocycles. The highest BCUT2D eigenvalue weighted by atomic mass is 35.5. The van der Waals surface area contributed by atoms with E-state index in [1.807, 2.05) is 0 Å². The molecule has 0 unspecified atom stereocenters. The van der Waals surface area contributed by atoms with Crippen LogP contribution in [0.25, 0.3) is 0 Å². The van der Waals surface area contributed by atoms with Gasteiger partial charge >= 0.3 is 5.97 Å². The second kappa shape index (κ2) is 7.81. The van der Waals surface area contributed by atoms with E-state index in [4.69, 9.17) is 16.3 Å². The van der Waals surface area contributed by atoms with Crippen LogP contribution in [-0.4, -0.2) is 28.6 Å². The molecule has 0 amide bonds. The molecule has 2 aromatic carbocycles. The van der Waals surface area contributed by atoms with Gasteiger partial charge in [-0.15, -0.1) is 0 Å². The summed E-state index contributed by atoms with van der Waals surface area (Å²) in [6.45, 7) is -0.0919. The normalized spacial score (nSPS) is 11.2. The van der Waals surface area contributed by atoms with Crippen LogP contribution in [0, 0.1) is 5.82 Å². The molecule has 0 aromatic heterocycles. The molecule has 9 heteroatoms. The molecule has 0 aliphatic rings. The minimum absolute atomic E-state index is 0.0919. The summed E-state index contributed by atoms with van der Waals surface area (Å²) in [6, 6.07) is 7.70. The molecule has 0 bridgehead atoms. The molecule has 0 saturated heterocycles. The Hall–Kier alpha value is -2.16. The number of esters is 1. The fourth-order valence-electron chi connectivity index (χ4n) is 2.04. The van der Waals surface area contributed by atoms with Gasteiger partial charge in [0.1, 0.15) is 17.1 Å². The van der Waals surface area contributed by atoms with E-state index in [2.05, 4.69) is 9.46 Å². The fraction of sp³-hybridized carbons (Fsp3) is 0.188. The summed E-state index contributed by atoms with van der Waals surface area (Å²) in [7, 11) is -1.26. The summed E-state index contributed by atoms with van der Waals surface area (Å²) in [5.41, 5.74) is 0.685. The van der Waals surface area contributed by atoms with Crippen LogP contribution in [0.4, 0.5) is 4.39 Å². The van der Waals surface area contributed by atoms with Crippen LogP contribution in [0.1, 0.15) is 15.9 Å². The molecule has 0 heterocycles. The van der Waals surface area contributed by atoms with Crippen LogP contribution in [0.3, 0.4) is 0 Å². The monoisotopic (exact) mass is 387 g/mol. The molecule has 0 atom stereocenters. The van der Waals surface area contributed by atoms with Crippen LogP contribution >= 0.6 is 11.6 Å². The second-order valence-corrected chi connectivity index (χ2v) is 7.10. The summed E-state index contributed by atoms with van der Waals surface area (Å²) in [4.78, 5) is 11.6. The van der Waals surface area contributed by atoms with Crippen molar-refractivity contribution in [2.45, 2.75) is 11.4 Å². The minimum Gasteiger partial charge on any atom is -0.496 e. The maximum atomic E-state index is 13.2. The van der Waals surface area contributed by atoms with Gasteiger partial charge < -0.3 is 9.47 Å². The quantitative estimate of drug-likeness (QED) is 0.771. The van der Waals surface area contributed by atoms with Gasteiger partial charge in [-0.1, -0.05) is 17.7 Å². The van der Waals surface area contributed by atoms with Crippen molar-refractivity contribution in [3.8, 4) is 5.75 Å². The predicted octanol–water partition coefficient (Wildman–Crippen LogP) is 2.75. The Balaban J connectivity index is 2.22. The third-order valence-electron chi connectivity index (χ3n) is 3.34. The van der Waals surface area contributed by atoms with Crippen molar-refractivity contribution < 1.29 is 27.1 Å². The lowest BCUT2D eigenvalue weighted by atomic mass is 10.1. The van der Waals surface area contributed by atoms with Crippen molar-refractivity contribution >= 4 is 27.6 Å². The van der Waals surface area contributed by atoms with Gasteiger partial charge in [-0.3, -0.25) is 0 Å². The van der Waals surface area contributed by atoms with Crippen LogP contribution in [0.5, 0.6) is 5.75 Å². The number of methoxy groups -OCH3 is 2. The van der Waals surface area contributed by atoms with Gasteiger partial charge in [0.05, 0.1) is 24.1 Å². The zero-order chi connectivity index (χ0) is 18.6. The average Bonchev–Trinajstić information content (AvgIpc) is 2.61. The SMILES string of the molecule is COC(=O)c1cc(CNS(=O)(=O)c2ccc(F)c(Cl)c2)ccc1OC. The Bertz CT molecular complexity index is 901. The summed E-state index contributed by atoms with van der Waals surface area (Å²) < 4.78 is 49.8. The van der Waals surface area contributed by atoms with E-state index in [9.17, 15) is 17.6 Å². The summed E-state index contributed by atoms with van der Waals surface area (Å²) in [6.07, 6.45) is 0. The van der Waals surface area contributed by atoms with Gasteiger partial charge in [-0.25, -0.2) is 22.3 Å². The van der Waals surface area contributed by atoms with Crippen LogP contribution < -0.4 is 9.46 Å². The van der Waals surface area contributed by atoms with Crippen molar-refractivity contribution in [2.75, 3.05) is 14.2 Å². The molecule has 134 valence electrons. The molecular weight excluding hydrogens is 373 g/mol. The Labute approximate surface area is 149 Å². The van der Waals surface area contributed by atoms with E-state index >= 15 is 0 Å². The molecular formula is C16H15ClFNO5S. The molecule has 2 rings (SSSR count). The molecule has 1 N–H and O–H groups in total. The minimum atomic E-state index is -3.90. The highest BCUT2D eigenvalue weighted by molar-refractivity contribution is 7.89. The third kappa shape index (κ3) is 4.47. The molecule has 6 nitrogen and oxygen atoms in total. The first kappa shape index (κ1) is 19.2. The topological polar surface area (TPSA) is 81.7 Å². The van der Waals surface area contributed by atoms with Crippen molar-refractivity contribution in [3.05, 3.63) is 58.4 Å². The number of rotatable bonds is 6. The lowest BCUT2D eigenvalue weighted by molar-refractivity contribution is 0.0597. The van der Waals surface area contributed by atoms with Gasteiger partial charge in [0.15, 0.2) is 0 Å². The van der Waals surface area contributed by atoms with E-state index in [1.54, 1.807) is 6.07 Å². The van der Waals surface area contributed by atoms with Crippen molar-refractivity contribution in [1.82, 2.24) is 4.72 Å². The van der Waals surface area contributed by atoms with E-state index in [1.165, 1.54) is 26.4 Å². The number of nitrogens with one attached hydrogen (secondary N) is 1. The van der Waals surface area contributed by atoms with Crippen LogP contribution in [-0.2, 0) is 21.3 Å². The molecule has 0 fully saturated rings. The number of carbonyl (C=O) groups is 1. The van der Waals surface area contributed by atoms with Gasteiger partial charge in [0.2, 0.25) is 10.0 Å². The number of hydrogen-bond donors (Lipinski definition) is 1. The van der Waals surface area contributed by atoms with E-state index < -0.39 is 21.8 Å². The van der Waals surface area contributed by atoms with Gasteiger partial charge in [0.25, 0.3) is 0 Å². The number of sulfonamides is 1. The van der Waals surface area contributed by atoms with Gasteiger partial charge in [0, 0.05) is 6.54 Å². The zero-order valence-electron chi connectivity index (χ0n) is 13.4. The Morgan fingerprint density at radius 2 is 1.92 bits per heavy atom. The smallest absolute Gasteiger partial charge is 0.341 e. The maximum absolute atomic E-state index is 13.2. The maximum Gasteiger partial charge on any atom is 0.341 e. The molecule has 0 radical (unpaired) electrons. The largest absolute Gasteiger partial charge is 0.496 e. The number of hydrogen-bond acceptors (Lipinski definition) is 5. The van der Waals surface area contributed by atoms with Crippen molar-refractivity contribution in [3.63, 3.8) is 0 Å². The number of benzene rings is 2. The average molecular weight is 388 g/mol. The van der Waals surface area contributed by atoms with Crippen molar-refractivity contribution in [1.29, 1.82) is 0 Å². The highest BCUT2D eigenvalue weighted by Crippen LogP contribution is 2.22. The van der Waals surface area contributed by atoms with Crippen LogP contribution in [0.15, 0.2) is 41.3 Å². The van der Waals surface area contributed by atoms with E-state index in [0.29, 0.717) is 11.3 Å². The van der Waals surface area contributed by atoms with E-state index in [-0.39, 0.29) is 22.0 Å².